The molecule has 36 valence electrons. The molecule has 0 aliphatic carbocycles. The monoisotopic (exact) mass is 100 g/mol. The van der Waals surface area contributed by atoms with E-state index >= 15 is 0 Å². The van der Waals surface area contributed by atoms with E-state index in [-0.39, 0.29) is 0 Å². The van der Waals surface area contributed by atoms with Crippen molar-refractivity contribution in [2.45, 2.75) is 6.92 Å². The topological polar surface area (TPSA) is 0 Å². The van der Waals surface area contributed by atoms with Crippen LogP contribution in [0.5, 0.6) is 0 Å². The van der Waals surface area contributed by atoms with E-state index in [1.807, 2.05) is 32.3 Å². The van der Waals surface area contributed by atoms with E-state index < -0.39 is 0 Å². The molecule has 0 aromatic heterocycles. The Bertz CT molecular complexity index is 165. The maximum absolute atomic E-state index is 5.52. The van der Waals surface area contributed by atoms with Crippen LogP contribution < -0.4 is 0 Å². The van der Waals surface area contributed by atoms with Gasteiger partial charge in [0.2, 0.25) is 0 Å². The van der Waals surface area contributed by atoms with Crippen LogP contribution in [0.2, 0.25) is 0 Å². The molecule has 0 spiro atoms. The van der Waals surface area contributed by atoms with Crippen LogP contribution in [0.3, 0.4) is 0 Å². The standard InChI is InChI=1S/C6H6B2/c1-5-3-2-4-8-6(5)7/h2-4H,1H3. The zero-order valence-electron chi connectivity index (χ0n) is 4.89. The van der Waals surface area contributed by atoms with Crippen LogP contribution >= 0.6 is 0 Å². The summed E-state index contributed by atoms with van der Waals surface area (Å²) in [5, 5.41) is 0.868. The summed E-state index contributed by atoms with van der Waals surface area (Å²) >= 11 is 0. The third-order valence-corrected chi connectivity index (χ3v) is 1.19. The van der Waals surface area contributed by atoms with Crippen molar-refractivity contribution >= 4 is 20.1 Å². The van der Waals surface area contributed by atoms with E-state index in [0.29, 0.717) is 0 Å². The van der Waals surface area contributed by atoms with Crippen molar-refractivity contribution in [1.29, 1.82) is 0 Å². The van der Waals surface area contributed by atoms with E-state index in [0.717, 1.165) is 10.9 Å². The first kappa shape index (κ1) is 5.61. The van der Waals surface area contributed by atoms with Crippen molar-refractivity contribution < 1.29 is 0 Å². The summed E-state index contributed by atoms with van der Waals surface area (Å²) in [6.07, 6.45) is 3.97. The average Bonchev–Trinajstić information content (AvgIpc) is 1.77. The molecule has 0 atom stereocenters. The predicted molar refractivity (Wildman–Crippen MR) is 39.4 cm³/mol. The number of hydrogen-bond acceptors (Lipinski definition) is 0. The summed E-state index contributed by atoms with van der Waals surface area (Å²) in [5.74, 6) is 1.93. The molecule has 0 N–H and O–H groups in total. The molecule has 1 heterocycles. The van der Waals surface area contributed by atoms with E-state index in [9.17, 15) is 0 Å². The van der Waals surface area contributed by atoms with Gasteiger partial charge in [0.15, 0.2) is 0 Å². The molecule has 2 heteroatoms. The Kier molecular flexibility index (Phi) is 1.52. The molecule has 0 nitrogen and oxygen atoms in total. The summed E-state index contributed by atoms with van der Waals surface area (Å²) < 4.78 is 0. The second-order valence-corrected chi connectivity index (χ2v) is 1.86. The molecule has 8 heavy (non-hydrogen) atoms. The zero-order chi connectivity index (χ0) is 5.98. The summed E-state index contributed by atoms with van der Waals surface area (Å²) in [4.78, 5) is 0. The predicted octanol–water partition coefficient (Wildman–Crippen LogP) is 0.463. The fraction of sp³-hybridized carbons (Fsp3) is 0.167. The van der Waals surface area contributed by atoms with Crippen LogP contribution in [0.1, 0.15) is 6.92 Å². The van der Waals surface area contributed by atoms with Gasteiger partial charge in [-0.1, -0.05) is 0 Å². The number of rotatable bonds is 0. The second-order valence-electron chi connectivity index (χ2n) is 1.86. The first-order valence-corrected chi connectivity index (χ1v) is 2.62. The van der Waals surface area contributed by atoms with E-state index in [1.54, 1.807) is 0 Å². The fourth-order valence-corrected chi connectivity index (χ4v) is 0.587. The molecule has 0 amide bonds. The van der Waals surface area contributed by atoms with E-state index in [4.69, 9.17) is 7.49 Å². The molecule has 1 rings (SSSR count). The minimum absolute atomic E-state index is 0.868. The SMILES string of the molecule is [B]=C1[B]C=CC=C1C. The maximum atomic E-state index is 5.52. The Morgan fingerprint density at radius 3 is 2.75 bits per heavy atom. The van der Waals surface area contributed by atoms with Gasteiger partial charge in [-0.15, -0.1) is 0 Å². The van der Waals surface area contributed by atoms with Gasteiger partial charge in [0, 0.05) is 0 Å². The van der Waals surface area contributed by atoms with Gasteiger partial charge in [-0.25, -0.2) is 0 Å². The van der Waals surface area contributed by atoms with Crippen LogP contribution in [0.25, 0.3) is 0 Å². The number of hydrogen-bond donors (Lipinski definition) is 0. The summed E-state index contributed by atoms with van der Waals surface area (Å²) in [6.45, 7) is 2.00. The third-order valence-electron chi connectivity index (χ3n) is 1.19. The molecular formula is C6H6B2. The van der Waals surface area contributed by atoms with Gasteiger partial charge < -0.3 is 0 Å². The van der Waals surface area contributed by atoms with Crippen molar-refractivity contribution in [3.8, 4) is 0 Å². The summed E-state index contributed by atoms with van der Waals surface area (Å²) in [7, 11) is 7.42. The molecule has 0 unspecified atom stereocenters. The van der Waals surface area contributed by atoms with E-state index in [1.165, 1.54) is 0 Å². The summed E-state index contributed by atoms with van der Waals surface area (Å²) in [5.41, 5.74) is 1.15. The zero-order valence-corrected chi connectivity index (χ0v) is 4.89. The average molecular weight is 99.7 g/mol. The summed E-state index contributed by atoms with van der Waals surface area (Å²) in [6, 6.07) is 0. The molecule has 0 saturated carbocycles. The van der Waals surface area contributed by atoms with Crippen LogP contribution in [0.15, 0.2) is 23.7 Å². The second kappa shape index (κ2) is 2.17. The van der Waals surface area contributed by atoms with Crippen LogP contribution in [-0.2, 0) is 0 Å². The first-order valence-electron chi connectivity index (χ1n) is 2.62. The van der Waals surface area contributed by atoms with Gasteiger partial charge in [0.25, 0.3) is 0 Å². The molecule has 0 saturated heterocycles. The Hall–Kier alpha value is -0.520. The quantitative estimate of drug-likeness (QED) is 0.388. The Balaban J connectivity index is 2.80. The molecular weight excluding hydrogens is 93.7 g/mol. The molecule has 0 aromatic carbocycles. The number of allylic oxidation sites excluding steroid dienone is 3. The third kappa shape index (κ3) is 1.00. The first-order chi connectivity index (χ1) is 3.80. The van der Waals surface area contributed by atoms with Crippen molar-refractivity contribution in [1.82, 2.24) is 0 Å². The molecule has 2 radical (unpaired) electrons. The molecule has 1 aliphatic rings. The molecule has 0 bridgehead atoms. The molecule has 1 aliphatic heterocycles. The van der Waals surface area contributed by atoms with Crippen LogP contribution in [0, 0.1) is 0 Å². The fourth-order valence-electron chi connectivity index (χ4n) is 0.587. The van der Waals surface area contributed by atoms with Crippen LogP contribution in [0.4, 0.5) is 0 Å². The van der Waals surface area contributed by atoms with Gasteiger partial charge in [-0.05, 0) is 0 Å². The van der Waals surface area contributed by atoms with Gasteiger partial charge in [0.05, 0.1) is 0 Å². The van der Waals surface area contributed by atoms with Gasteiger partial charge in [-0.3, -0.25) is 0 Å². The normalized spacial score (nSPS) is 17.5. The van der Waals surface area contributed by atoms with Gasteiger partial charge >= 0.3 is 50.8 Å². The van der Waals surface area contributed by atoms with Gasteiger partial charge in [-0.2, -0.15) is 0 Å². The molecule has 0 aromatic rings. The van der Waals surface area contributed by atoms with Gasteiger partial charge in [0.1, 0.15) is 0 Å². The van der Waals surface area contributed by atoms with Crippen molar-refractivity contribution in [3.05, 3.63) is 23.7 Å². The minimum atomic E-state index is 0.868. The van der Waals surface area contributed by atoms with E-state index in [2.05, 4.69) is 0 Å². The van der Waals surface area contributed by atoms with Crippen molar-refractivity contribution in [2.75, 3.05) is 0 Å². The van der Waals surface area contributed by atoms with Crippen molar-refractivity contribution in [2.24, 2.45) is 0 Å². The Morgan fingerprint density at radius 1 is 1.62 bits per heavy atom. The Labute approximate surface area is 51.6 Å². The van der Waals surface area contributed by atoms with Crippen molar-refractivity contribution in [3.63, 3.8) is 0 Å². The Morgan fingerprint density at radius 2 is 2.38 bits per heavy atom. The van der Waals surface area contributed by atoms with Crippen LogP contribution in [-0.4, -0.2) is 20.1 Å². The molecule has 0 fully saturated rings.